The number of hydrogen-bond donors (Lipinski definition) is 1. The summed E-state index contributed by atoms with van der Waals surface area (Å²) in [6.07, 6.45) is 0. The Labute approximate surface area is 109 Å². The first kappa shape index (κ1) is 14.5. The van der Waals surface area contributed by atoms with Crippen LogP contribution in [0.5, 0.6) is 0 Å². The molecule has 0 heterocycles. The predicted molar refractivity (Wildman–Crippen MR) is 73.4 cm³/mol. The molecule has 0 aliphatic heterocycles. The molecule has 1 N–H and O–H groups in total. The molecule has 1 aromatic carbocycles. The van der Waals surface area contributed by atoms with Crippen LogP contribution in [0.25, 0.3) is 0 Å². The SMILES string of the molecule is CC(CNC(C)C)COCc1ccccc1Cl. The molecular formula is C14H22ClNO. The molecule has 0 spiro atoms. The van der Waals surface area contributed by atoms with Crippen molar-refractivity contribution in [2.75, 3.05) is 13.2 Å². The lowest BCUT2D eigenvalue weighted by Crippen LogP contribution is -2.29. The molecule has 0 amide bonds. The van der Waals surface area contributed by atoms with E-state index >= 15 is 0 Å². The average Bonchev–Trinajstić information content (AvgIpc) is 2.29. The highest BCUT2D eigenvalue weighted by molar-refractivity contribution is 6.31. The average molecular weight is 256 g/mol. The van der Waals surface area contributed by atoms with Crippen LogP contribution >= 0.6 is 11.6 Å². The quantitative estimate of drug-likeness (QED) is 0.805. The van der Waals surface area contributed by atoms with E-state index in [1.54, 1.807) is 0 Å². The van der Waals surface area contributed by atoms with Crippen LogP contribution in [-0.4, -0.2) is 19.2 Å². The van der Waals surface area contributed by atoms with Gasteiger partial charge in [0.2, 0.25) is 0 Å². The topological polar surface area (TPSA) is 21.3 Å². The molecule has 1 unspecified atom stereocenters. The molecule has 1 aromatic rings. The molecule has 0 bridgehead atoms. The van der Waals surface area contributed by atoms with Crippen molar-refractivity contribution in [3.05, 3.63) is 34.9 Å². The van der Waals surface area contributed by atoms with E-state index in [-0.39, 0.29) is 0 Å². The Hall–Kier alpha value is -0.570. The van der Waals surface area contributed by atoms with Crippen molar-refractivity contribution in [1.82, 2.24) is 5.32 Å². The number of hydrogen-bond acceptors (Lipinski definition) is 2. The van der Waals surface area contributed by atoms with Crippen LogP contribution in [0.3, 0.4) is 0 Å². The van der Waals surface area contributed by atoms with Crippen molar-refractivity contribution in [2.45, 2.75) is 33.4 Å². The number of benzene rings is 1. The van der Waals surface area contributed by atoms with Crippen LogP contribution < -0.4 is 5.32 Å². The van der Waals surface area contributed by atoms with Crippen molar-refractivity contribution in [2.24, 2.45) is 5.92 Å². The van der Waals surface area contributed by atoms with Crippen molar-refractivity contribution < 1.29 is 4.74 Å². The van der Waals surface area contributed by atoms with Gasteiger partial charge in [-0.05, 0) is 17.5 Å². The highest BCUT2D eigenvalue weighted by atomic mass is 35.5. The van der Waals surface area contributed by atoms with Gasteiger partial charge in [-0.3, -0.25) is 0 Å². The van der Waals surface area contributed by atoms with E-state index in [0.29, 0.717) is 18.6 Å². The summed E-state index contributed by atoms with van der Waals surface area (Å²) in [5, 5.41) is 4.18. The van der Waals surface area contributed by atoms with Gasteiger partial charge < -0.3 is 10.1 Å². The number of nitrogens with one attached hydrogen (secondary N) is 1. The Kier molecular flexibility index (Phi) is 6.56. The molecule has 1 atom stereocenters. The van der Waals surface area contributed by atoms with Gasteiger partial charge in [0.05, 0.1) is 13.2 Å². The van der Waals surface area contributed by atoms with Gasteiger partial charge in [-0.15, -0.1) is 0 Å². The predicted octanol–water partition coefficient (Wildman–Crippen LogP) is 3.49. The lowest BCUT2D eigenvalue weighted by Gasteiger charge is -2.15. The van der Waals surface area contributed by atoms with Crippen molar-refractivity contribution in [1.29, 1.82) is 0 Å². The maximum Gasteiger partial charge on any atom is 0.0731 e. The summed E-state index contributed by atoms with van der Waals surface area (Å²) < 4.78 is 5.67. The first-order valence-corrected chi connectivity index (χ1v) is 6.52. The largest absolute Gasteiger partial charge is 0.376 e. The van der Waals surface area contributed by atoms with Crippen LogP contribution in [-0.2, 0) is 11.3 Å². The zero-order valence-electron chi connectivity index (χ0n) is 10.9. The summed E-state index contributed by atoms with van der Waals surface area (Å²) in [7, 11) is 0. The van der Waals surface area contributed by atoms with Crippen molar-refractivity contribution in [3.8, 4) is 0 Å². The summed E-state index contributed by atoms with van der Waals surface area (Å²) in [5.74, 6) is 0.514. The van der Waals surface area contributed by atoms with E-state index in [1.165, 1.54) is 0 Å². The Balaban J connectivity index is 2.21. The minimum atomic E-state index is 0.514. The fourth-order valence-electron chi connectivity index (χ4n) is 1.48. The van der Waals surface area contributed by atoms with E-state index < -0.39 is 0 Å². The minimum absolute atomic E-state index is 0.514. The van der Waals surface area contributed by atoms with Gasteiger partial charge in [-0.1, -0.05) is 50.6 Å². The summed E-state index contributed by atoms with van der Waals surface area (Å²) in [5.41, 5.74) is 1.05. The summed E-state index contributed by atoms with van der Waals surface area (Å²) in [6, 6.07) is 8.33. The standard InChI is InChI=1S/C14H22ClNO/c1-11(2)16-8-12(3)9-17-10-13-6-4-5-7-14(13)15/h4-7,11-12,16H,8-10H2,1-3H3. The minimum Gasteiger partial charge on any atom is -0.376 e. The Morgan fingerprint density at radius 2 is 1.94 bits per heavy atom. The molecular weight excluding hydrogens is 234 g/mol. The first-order valence-electron chi connectivity index (χ1n) is 6.14. The second-order valence-electron chi connectivity index (χ2n) is 4.77. The Bertz CT molecular complexity index is 328. The lowest BCUT2D eigenvalue weighted by molar-refractivity contribution is 0.0913. The molecule has 0 fully saturated rings. The van der Waals surface area contributed by atoms with Crippen LogP contribution in [0.1, 0.15) is 26.3 Å². The van der Waals surface area contributed by atoms with Gasteiger partial charge >= 0.3 is 0 Å². The zero-order valence-corrected chi connectivity index (χ0v) is 11.6. The van der Waals surface area contributed by atoms with Gasteiger partial charge in [0.25, 0.3) is 0 Å². The van der Waals surface area contributed by atoms with E-state index in [2.05, 4.69) is 26.1 Å². The molecule has 3 heteroatoms. The molecule has 0 aromatic heterocycles. The van der Waals surface area contributed by atoms with Crippen molar-refractivity contribution >= 4 is 11.6 Å². The molecule has 2 nitrogen and oxygen atoms in total. The van der Waals surface area contributed by atoms with E-state index in [1.807, 2.05) is 24.3 Å². The lowest BCUT2D eigenvalue weighted by atomic mass is 10.2. The fraction of sp³-hybridized carbons (Fsp3) is 0.571. The van der Waals surface area contributed by atoms with Crippen LogP contribution in [0.4, 0.5) is 0 Å². The number of ether oxygens (including phenoxy) is 1. The molecule has 0 aliphatic rings. The molecule has 0 saturated heterocycles. The summed E-state index contributed by atoms with van der Waals surface area (Å²) in [4.78, 5) is 0. The van der Waals surface area contributed by atoms with Gasteiger partial charge in [-0.25, -0.2) is 0 Å². The van der Waals surface area contributed by atoms with Crippen LogP contribution in [0, 0.1) is 5.92 Å². The second kappa shape index (κ2) is 7.70. The molecule has 0 saturated carbocycles. The molecule has 96 valence electrons. The third kappa shape index (κ3) is 6.06. The second-order valence-corrected chi connectivity index (χ2v) is 5.18. The van der Waals surface area contributed by atoms with Gasteiger partial charge in [0, 0.05) is 17.6 Å². The van der Waals surface area contributed by atoms with Crippen molar-refractivity contribution in [3.63, 3.8) is 0 Å². The van der Waals surface area contributed by atoms with E-state index in [9.17, 15) is 0 Å². The van der Waals surface area contributed by atoms with E-state index in [4.69, 9.17) is 16.3 Å². The smallest absolute Gasteiger partial charge is 0.0731 e. The maximum absolute atomic E-state index is 6.05. The van der Waals surface area contributed by atoms with Gasteiger partial charge in [-0.2, -0.15) is 0 Å². The fourth-order valence-corrected chi connectivity index (χ4v) is 1.67. The molecule has 0 radical (unpaired) electrons. The third-order valence-electron chi connectivity index (χ3n) is 2.49. The molecule has 0 aliphatic carbocycles. The van der Waals surface area contributed by atoms with Gasteiger partial charge in [0.1, 0.15) is 0 Å². The molecule has 1 rings (SSSR count). The summed E-state index contributed by atoms with van der Waals surface area (Å²) in [6.45, 7) is 8.81. The first-order chi connectivity index (χ1) is 8.09. The molecule has 17 heavy (non-hydrogen) atoms. The third-order valence-corrected chi connectivity index (χ3v) is 2.86. The Morgan fingerprint density at radius 1 is 1.24 bits per heavy atom. The zero-order chi connectivity index (χ0) is 12.7. The number of rotatable bonds is 7. The van der Waals surface area contributed by atoms with Crippen LogP contribution in [0.2, 0.25) is 5.02 Å². The maximum atomic E-state index is 6.05. The Morgan fingerprint density at radius 3 is 2.59 bits per heavy atom. The monoisotopic (exact) mass is 255 g/mol. The van der Waals surface area contributed by atoms with E-state index in [0.717, 1.165) is 23.7 Å². The highest BCUT2D eigenvalue weighted by Crippen LogP contribution is 2.15. The summed E-state index contributed by atoms with van der Waals surface area (Å²) >= 11 is 6.05. The van der Waals surface area contributed by atoms with Crippen LogP contribution in [0.15, 0.2) is 24.3 Å². The normalized spacial score (nSPS) is 13.0. The number of halogens is 1. The highest BCUT2D eigenvalue weighted by Gasteiger charge is 2.04. The van der Waals surface area contributed by atoms with Gasteiger partial charge in [0.15, 0.2) is 0 Å².